The normalized spacial score (nSPS) is 25.6. The summed E-state index contributed by atoms with van der Waals surface area (Å²) in [6, 6.07) is 21.6. The Morgan fingerprint density at radius 1 is 0.882 bits per heavy atom. The van der Waals surface area contributed by atoms with Crippen LogP contribution in [0.5, 0.6) is 0 Å². The van der Waals surface area contributed by atoms with Gasteiger partial charge in [-0.25, -0.2) is 4.79 Å². The molecule has 34 heavy (non-hydrogen) atoms. The molecule has 2 heterocycles. The van der Waals surface area contributed by atoms with E-state index in [1.807, 2.05) is 6.07 Å². The standard InChI is InChI=1S/C15H22N2O2.C13H20N2/c1-12-8-9-17(10-13-6-4-3-5-7-13)11-14(12)16-15(18)19-2;1-11-7-8-15(10-13(11)14)9-12-5-3-2-4-6-12/h3-7,12,14H,8-11H2,1-2H3,(H,16,18);2-6,11,13H,7-10,14H2,1H3. The number of hydrogen-bond acceptors (Lipinski definition) is 5. The molecule has 0 radical (unpaired) electrons. The van der Waals surface area contributed by atoms with Crippen LogP contribution in [0.25, 0.3) is 0 Å². The van der Waals surface area contributed by atoms with E-state index in [2.05, 4.69) is 88.3 Å². The Balaban J connectivity index is 0.000000196. The lowest BCUT2D eigenvalue weighted by atomic mass is 9.93. The highest BCUT2D eigenvalue weighted by Gasteiger charge is 2.27. The molecule has 2 fully saturated rings. The largest absolute Gasteiger partial charge is 0.453 e. The van der Waals surface area contributed by atoms with Gasteiger partial charge in [0.2, 0.25) is 0 Å². The number of ether oxygens (including phenoxy) is 1. The number of nitrogens with two attached hydrogens (primary N) is 1. The quantitative estimate of drug-likeness (QED) is 0.694. The molecular formula is C28H42N4O2. The van der Waals surface area contributed by atoms with Gasteiger partial charge >= 0.3 is 6.09 Å². The van der Waals surface area contributed by atoms with Gasteiger partial charge in [-0.2, -0.15) is 0 Å². The number of amides is 1. The second-order valence-electron chi connectivity index (χ2n) is 9.88. The molecule has 4 atom stereocenters. The van der Waals surface area contributed by atoms with Crippen molar-refractivity contribution < 1.29 is 9.53 Å². The maximum absolute atomic E-state index is 11.3. The Bertz CT molecular complexity index is 848. The van der Waals surface area contributed by atoms with Crippen molar-refractivity contribution in [3.05, 3.63) is 71.8 Å². The van der Waals surface area contributed by atoms with Crippen molar-refractivity contribution in [1.29, 1.82) is 0 Å². The fraction of sp³-hybridized carbons (Fsp3) is 0.536. The van der Waals surface area contributed by atoms with Crippen molar-refractivity contribution in [2.45, 2.75) is 51.9 Å². The Morgan fingerprint density at radius 3 is 1.88 bits per heavy atom. The van der Waals surface area contributed by atoms with Gasteiger partial charge in [-0.05, 0) is 48.9 Å². The Morgan fingerprint density at radius 2 is 1.38 bits per heavy atom. The lowest BCUT2D eigenvalue weighted by molar-refractivity contribution is 0.123. The molecule has 0 bridgehead atoms. The highest BCUT2D eigenvalue weighted by Crippen LogP contribution is 2.19. The first-order valence-electron chi connectivity index (χ1n) is 12.6. The molecule has 6 heteroatoms. The van der Waals surface area contributed by atoms with Crippen LogP contribution in [0, 0.1) is 11.8 Å². The summed E-state index contributed by atoms with van der Waals surface area (Å²) in [7, 11) is 1.41. The van der Waals surface area contributed by atoms with E-state index in [0.717, 1.165) is 39.1 Å². The van der Waals surface area contributed by atoms with Crippen molar-refractivity contribution >= 4 is 6.09 Å². The first-order chi connectivity index (χ1) is 16.4. The van der Waals surface area contributed by atoms with Crippen molar-refractivity contribution in [2.24, 2.45) is 17.6 Å². The summed E-state index contributed by atoms with van der Waals surface area (Å²) in [5, 5.41) is 2.93. The molecule has 2 aromatic rings. The molecule has 4 unspecified atom stereocenters. The topological polar surface area (TPSA) is 70.8 Å². The predicted molar refractivity (Wildman–Crippen MR) is 138 cm³/mol. The number of hydrogen-bond donors (Lipinski definition) is 2. The van der Waals surface area contributed by atoms with E-state index < -0.39 is 0 Å². The molecule has 4 rings (SSSR count). The molecule has 0 aromatic heterocycles. The third-order valence-corrected chi connectivity index (χ3v) is 7.13. The molecule has 2 saturated heterocycles. The summed E-state index contributed by atoms with van der Waals surface area (Å²) in [4.78, 5) is 16.2. The van der Waals surface area contributed by atoms with Gasteiger partial charge in [-0.1, -0.05) is 74.5 Å². The van der Waals surface area contributed by atoms with Gasteiger partial charge in [0.25, 0.3) is 0 Å². The van der Waals surface area contributed by atoms with E-state index in [-0.39, 0.29) is 12.1 Å². The van der Waals surface area contributed by atoms with Crippen LogP contribution in [0.15, 0.2) is 60.7 Å². The SMILES string of the molecule is CC1CCN(Cc2ccccc2)CC1N.COC(=O)NC1CN(Cc2ccccc2)CCC1C. The zero-order chi connectivity index (χ0) is 24.3. The lowest BCUT2D eigenvalue weighted by Gasteiger charge is -2.37. The molecule has 0 spiro atoms. The molecule has 6 nitrogen and oxygen atoms in total. The molecule has 2 aliphatic rings. The third-order valence-electron chi connectivity index (χ3n) is 7.13. The molecule has 186 valence electrons. The van der Waals surface area contributed by atoms with Gasteiger partial charge in [0, 0.05) is 38.3 Å². The number of alkyl carbamates (subject to hydrolysis) is 1. The van der Waals surface area contributed by atoms with Gasteiger partial charge in [-0.3, -0.25) is 9.80 Å². The first-order valence-corrected chi connectivity index (χ1v) is 12.6. The van der Waals surface area contributed by atoms with Crippen LogP contribution < -0.4 is 11.1 Å². The van der Waals surface area contributed by atoms with Crippen LogP contribution in [0.4, 0.5) is 4.79 Å². The van der Waals surface area contributed by atoms with Crippen molar-refractivity contribution in [3.63, 3.8) is 0 Å². The van der Waals surface area contributed by atoms with E-state index >= 15 is 0 Å². The maximum atomic E-state index is 11.3. The minimum absolute atomic E-state index is 0.171. The second kappa shape index (κ2) is 13.5. The van der Waals surface area contributed by atoms with Gasteiger partial charge in [-0.15, -0.1) is 0 Å². The maximum Gasteiger partial charge on any atom is 0.407 e. The number of methoxy groups -OCH3 is 1. The summed E-state index contributed by atoms with van der Waals surface area (Å²) >= 11 is 0. The van der Waals surface area contributed by atoms with Crippen LogP contribution in [0.2, 0.25) is 0 Å². The third kappa shape index (κ3) is 8.42. The molecule has 0 aliphatic carbocycles. The smallest absolute Gasteiger partial charge is 0.407 e. The van der Waals surface area contributed by atoms with Gasteiger partial charge in [0.15, 0.2) is 0 Å². The number of nitrogens with one attached hydrogen (secondary N) is 1. The number of rotatable bonds is 5. The average Bonchev–Trinajstić information content (AvgIpc) is 2.85. The molecular weight excluding hydrogens is 424 g/mol. The molecule has 0 saturated carbocycles. The Kier molecular flexibility index (Phi) is 10.4. The van der Waals surface area contributed by atoms with E-state index in [4.69, 9.17) is 5.73 Å². The van der Waals surface area contributed by atoms with E-state index in [1.54, 1.807) is 0 Å². The summed E-state index contributed by atoms with van der Waals surface area (Å²) < 4.78 is 4.69. The van der Waals surface area contributed by atoms with Crippen molar-refractivity contribution in [2.75, 3.05) is 33.3 Å². The van der Waals surface area contributed by atoms with Crippen LogP contribution in [0.1, 0.15) is 37.8 Å². The number of benzene rings is 2. The minimum atomic E-state index is -0.335. The molecule has 2 aliphatic heterocycles. The molecule has 1 amide bonds. The van der Waals surface area contributed by atoms with Crippen LogP contribution in [-0.2, 0) is 17.8 Å². The number of carbonyl (C=O) groups is 1. The minimum Gasteiger partial charge on any atom is -0.453 e. The molecule has 2 aromatic carbocycles. The predicted octanol–water partition coefficient (Wildman–Crippen LogP) is 4.11. The summed E-state index contributed by atoms with van der Waals surface area (Å²) in [6.45, 7) is 10.6. The average molecular weight is 467 g/mol. The Labute approximate surface area is 205 Å². The fourth-order valence-corrected chi connectivity index (χ4v) is 4.68. The fourth-order valence-electron chi connectivity index (χ4n) is 4.68. The van der Waals surface area contributed by atoms with Gasteiger partial charge in [0.05, 0.1) is 7.11 Å². The number of nitrogens with zero attached hydrogens (tertiary/aromatic N) is 2. The first kappa shape index (κ1) is 26.2. The van der Waals surface area contributed by atoms with Crippen molar-refractivity contribution in [1.82, 2.24) is 15.1 Å². The molecule has 3 N–H and O–H groups in total. The summed E-state index contributed by atoms with van der Waals surface area (Å²) in [6.07, 6.45) is 1.99. The zero-order valence-corrected chi connectivity index (χ0v) is 21.0. The number of likely N-dealkylation sites (tertiary alicyclic amines) is 2. The van der Waals surface area contributed by atoms with Crippen LogP contribution in [-0.4, -0.2) is 61.3 Å². The number of carbonyl (C=O) groups excluding carboxylic acids is 1. The monoisotopic (exact) mass is 466 g/mol. The van der Waals surface area contributed by atoms with Crippen molar-refractivity contribution in [3.8, 4) is 0 Å². The highest BCUT2D eigenvalue weighted by molar-refractivity contribution is 5.67. The lowest BCUT2D eigenvalue weighted by Crippen LogP contribution is -2.51. The van der Waals surface area contributed by atoms with E-state index in [0.29, 0.717) is 17.9 Å². The van der Waals surface area contributed by atoms with Crippen LogP contribution in [0.3, 0.4) is 0 Å². The van der Waals surface area contributed by atoms with E-state index in [1.165, 1.54) is 31.2 Å². The van der Waals surface area contributed by atoms with Crippen LogP contribution >= 0.6 is 0 Å². The van der Waals surface area contributed by atoms with E-state index in [9.17, 15) is 4.79 Å². The van der Waals surface area contributed by atoms with Gasteiger partial charge < -0.3 is 15.8 Å². The second-order valence-corrected chi connectivity index (χ2v) is 9.88. The summed E-state index contributed by atoms with van der Waals surface area (Å²) in [5.41, 5.74) is 8.78. The zero-order valence-electron chi connectivity index (χ0n) is 21.0. The number of piperidine rings is 2. The van der Waals surface area contributed by atoms with Gasteiger partial charge in [0.1, 0.15) is 0 Å². The highest BCUT2D eigenvalue weighted by atomic mass is 16.5. The summed E-state index contributed by atoms with van der Waals surface area (Å²) in [5.74, 6) is 1.17. The Hall–Kier alpha value is -2.41.